The molecule has 0 amide bonds. The van der Waals surface area contributed by atoms with Gasteiger partial charge in [-0.05, 0) is 44.8 Å². The largest absolute Gasteiger partial charge is 0.379 e. The van der Waals surface area contributed by atoms with Crippen LogP contribution in [0, 0.1) is 5.92 Å². The van der Waals surface area contributed by atoms with Gasteiger partial charge in [0, 0.05) is 13.1 Å². The summed E-state index contributed by atoms with van der Waals surface area (Å²) in [5.74, 6) is 0.955. The first kappa shape index (κ1) is 10.4. The van der Waals surface area contributed by atoms with Gasteiger partial charge in [-0.15, -0.1) is 0 Å². The molecule has 2 saturated heterocycles. The molecule has 0 aromatic rings. The van der Waals surface area contributed by atoms with Crippen LogP contribution in [-0.4, -0.2) is 50.8 Å². The highest BCUT2D eigenvalue weighted by Gasteiger charge is 2.15. The Morgan fingerprint density at radius 2 is 2.14 bits per heavy atom. The first-order valence-corrected chi connectivity index (χ1v) is 5.96. The summed E-state index contributed by atoms with van der Waals surface area (Å²) in [4.78, 5) is 2.53. The Labute approximate surface area is 86.8 Å². The molecule has 0 aromatic carbocycles. The van der Waals surface area contributed by atoms with Gasteiger partial charge >= 0.3 is 0 Å². The van der Waals surface area contributed by atoms with Gasteiger partial charge in [-0.2, -0.15) is 0 Å². The predicted molar refractivity (Wildman–Crippen MR) is 57.5 cm³/mol. The number of hydrogen-bond donors (Lipinski definition) is 1. The van der Waals surface area contributed by atoms with Crippen molar-refractivity contribution in [3.8, 4) is 0 Å². The maximum absolute atomic E-state index is 5.33. The molecule has 3 nitrogen and oxygen atoms in total. The SMILES string of the molecule is C(CC1CCNC1)CN1CCOCC1. The normalized spacial score (nSPS) is 29.6. The third kappa shape index (κ3) is 3.23. The zero-order valence-electron chi connectivity index (χ0n) is 9.00. The summed E-state index contributed by atoms with van der Waals surface area (Å²) in [6, 6.07) is 0. The minimum atomic E-state index is 0.936. The predicted octanol–water partition coefficient (Wildman–Crippen LogP) is 0.708. The highest BCUT2D eigenvalue weighted by atomic mass is 16.5. The number of morpholine rings is 1. The van der Waals surface area contributed by atoms with Gasteiger partial charge in [0.05, 0.1) is 13.2 Å². The summed E-state index contributed by atoms with van der Waals surface area (Å²) < 4.78 is 5.33. The Morgan fingerprint density at radius 1 is 1.29 bits per heavy atom. The fraction of sp³-hybridized carbons (Fsp3) is 1.00. The smallest absolute Gasteiger partial charge is 0.0594 e. The van der Waals surface area contributed by atoms with E-state index in [2.05, 4.69) is 10.2 Å². The quantitative estimate of drug-likeness (QED) is 0.720. The average Bonchev–Trinajstić information content (AvgIpc) is 2.72. The molecule has 2 fully saturated rings. The molecule has 0 bridgehead atoms. The number of nitrogens with one attached hydrogen (secondary N) is 1. The van der Waals surface area contributed by atoms with E-state index in [1.807, 2.05) is 0 Å². The van der Waals surface area contributed by atoms with E-state index in [0.717, 1.165) is 32.2 Å². The molecule has 2 heterocycles. The second kappa shape index (κ2) is 5.69. The molecule has 0 spiro atoms. The van der Waals surface area contributed by atoms with Gasteiger partial charge in [-0.3, -0.25) is 4.90 Å². The summed E-state index contributed by atoms with van der Waals surface area (Å²) in [7, 11) is 0. The zero-order chi connectivity index (χ0) is 9.64. The summed E-state index contributed by atoms with van der Waals surface area (Å²) in [5, 5.41) is 3.43. The van der Waals surface area contributed by atoms with Crippen molar-refractivity contribution < 1.29 is 4.74 Å². The Balaban J connectivity index is 1.52. The molecule has 0 radical (unpaired) electrons. The van der Waals surface area contributed by atoms with E-state index >= 15 is 0 Å². The minimum Gasteiger partial charge on any atom is -0.379 e. The summed E-state index contributed by atoms with van der Waals surface area (Å²) in [5.41, 5.74) is 0. The van der Waals surface area contributed by atoms with Gasteiger partial charge in [0.15, 0.2) is 0 Å². The van der Waals surface area contributed by atoms with Crippen LogP contribution in [0.25, 0.3) is 0 Å². The minimum absolute atomic E-state index is 0.936. The number of rotatable bonds is 4. The fourth-order valence-electron chi connectivity index (χ4n) is 2.39. The van der Waals surface area contributed by atoms with Crippen LogP contribution in [0.3, 0.4) is 0 Å². The average molecular weight is 198 g/mol. The van der Waals surface area contributed by atoms with Crippen LogP contribution in [0.4, 0.5) is 0 Å². The number of ether oxygens (including phenoxy) is 1. The van der Waals surface area contributed by atoms with Crippen molar-refractivity contribution in [2.75, 3.05) is 45.9 Å². The van der Waals surface area contributed by atoms with Crippen LogP contribution in [0.5, 0.6) is 0 Å². The van der Waals surface area contributed by atoms with Crippen molar-refractivity contribution in [2.24, 2.45) is 5.92 Å². The highest BCUT2D eigenvalue weighted by Crippen LogP contribution is 2.14. The van der Waals surface area contributed by atoms with Crippen LogP contribution in [0.2, 0.25) is 0 Å². The van der Waals surface area contributed by atoms with Crippen LogP contribution in [-0.2, 0) is 4.74 Å². The first-order chi connectivity index (χ1) is 6.95. The van der Waals surface area contributed by atoms with Crippen LogP contribution in [0.1, 0.15) is 19.3 Å². The molecular formula is C11H22N2O. The maximum atomic E-state index is 5.33. The van der Waals surface area contributed by atoms with E-state index in [0.29, 0.717) is 0 Å². The second-order valence-corrected chi connectivity index (χ2v) is 4.46. The molecule has 1 atom stereocenters. The van der Waals surface area contributed by atoms with Crippen LogP contribution >= 0.6 is 0 Å². The maximum Gasteiger partial charge on any atom is 0.0594 e. The van der Waals surface area contributed by atoms with Crippen LogP contribution < -0.4 is 5.32 Å². The molecule has 1 N–H and O–H groups in total. The lowest BCUT2D eigenvalue weighted by Crippen LogP contribution is -2.36. The molecule has 2 rings (SSSR count). The Bertz CT molecular complexity index is 151. The lowest BCUT2D eigenvalue weighted by atomic mass is 10.0. The van der Waals surface area contributed by atoms with E-state index in [4.69, 9.17) is 4.74 Å². The lowest BCUT2D eigenvalue weighted by Gasteiger charge is -2.26. The van der Waals surface area contributed by atoms with Crippen molar-refractivity contribution in [1.29, 1.82) is 0 Å². The molecule has 1 unspecified atom stereocenters. The number of nitrogens with zero attached hydrogens (tertiary/aromatic N) is 1. The van der Waals surface area contributed by atoms with Gasteiger partial charge in [-0.25, -0.2) is 0 Å². The molecule has 2 aliphatic rings. The van der Waals surface area contributed by atoms with Gasteiger partial charge < -0.3 is 10.1 Å². The summed E-state index contributed by atoms with van der Waals surface area (Å²) in [6.07, 6.45) is 4.17. The monoisotopic (exact) mass is 198 g/mol. The van der Waals surface area contributed by atoms with E-state index in [9.17, 15) is 0 Å². The third-order valence-electron chi connectivity index (χ3n) is 3.35. The molecule has 0 aromatic heterocycles. The second-order valence-electron chi connectivity index (χ2n) is 4.46. The zero-order valence-corrected chi connectivity index (χ0v) is 9.00. The molecule has 0 saturated carbocycles. The topological polar surface area (TPSA) is 24.5 Å². The summed E-state index contributed by atoms with van der Waals surface area (Å²) in [6.45, 7) is 7.92. The highest BCUT2D eigenvalue weighted by molar-refractivity contribution is 4.72. The van der Waals surface area contributed by atoms with Crippen LogP contribution in [0.15, 0.2) is 0 Å². The van der Waals surface area contributed by atoms with Crippen molar-refractivity contribution in [3.05, 3.63) is 0 Å². The third-order valence-corrected chi connectivity index (χ3v) is 3.35. The standard InChI is InChI=1S/C11H22N2O/c1(2-11-3-4-12-10-11)5-13-6-8-14-9-7-13/h11-12H,1-10H2. The first-order valence-electron chi connectivity index (χ1n) is 5.96. The number of hydrogen-bond acceptors (Lipinski definition) is 3. The molecule has 82 valence electrons. The molecule has 0 aliphatic carbocycles. The molecule has 14 heavy (non-hydrogen) atoms. The molecular weight excluding hydrogens is 176 g/mol. The van der Waals surface area contributed by atoms with Crippen molar-refractivity contribution in [2.45, 2.75) is 19.3 Å². The van der Waals surface area contributed by atoms with Crippen molar-refractivity contribution in [1.82, 2.24) is 10.2 Å². The van der Waals surface area contributed by atoms with E-state index in [1.54, 1.807) is 0 Å². The van der Waals surface area contributed by atoms with Crippen molar-refractivity contribution >= 4 is 0 Å². The Kier molecular flexibility index (Phi) is 4.22. The summed E-state index contributed by atoms with van der Waals surface area (Å²) >= 11 is 0. The molecule has 2 aliphatic heterocycles. The van der Waals surface area contributed by atoms with E-state index in [1.165, 1.54) is 38.9 Å². The van der Waals surface area contributed by atoms with Crippen molar-refractivity contribution in [3.63, 3.8) is 0 Å². The van der Waals surface area contributed by atoms with Gasteiger partial charge in [0.2, 0.25) is 0 Å². The van der Waals surface area contributed by atoms with Gasteiger partial charge in [0.25, 0.3) is 0 Å². The Hall–Kier alpha value is -0.120. The fourth-order valence-corrected chi connectivity index (χ4v) is 2.39. The Morgan fingerprint density at radius 3 is 2.86 bits per heavy atom. The lowest BCUT2D eigenvalue weighted by molar-refractivity contribution is 0.0367. The van der Waals surface area contributed by atoms with E-state index < -0.39 is 0 Å². The van der Waals surface area contributed by atoms with Gasteiger partial charge in [0.1, 0.15) is 0 Å². The molecule has 3 heteroatoms. The van der Waals surface area contributed by atoms with Gasteiger partial charge in [-0.1, -0.05) is 0 Å². The van der Waals surface area contributed by atoms with E-state index in [-0.39, 0.29) is 0 Å².